The molecule has 6 N–H and O–H groups in total. The molecule has 0 saturated carbocycles. The van der Waals surface area contributed by atoms with Gasteiger partial charge in [0.1, 0.15) is 34.5 Å². The molecule has 12 rings (SSSR count). The van der Waals surface area contributed by atoms with Crippen LogP contribution in [0.4, 0.5) is 34.1 Å². The number of para-hydroxylation sites is 12. The first kappa shape index (κ1) is 138. The van der Waals surface area contributed by atoms with Gasteiger partial charge in [-0.25, -0.2) is 0 Å². The summed E-state index contributed by atoms with van der Waals surface area (Å²) in [4.78, 5) is 0.580. The molecule has 12 nitrogen and oxygen atoms in total. The molecule has 0 heterocycles. The molecule has 0 radical (unpaired) electrons. The Hall–Kier alpha value is -1.33. The molecule has 752 valence electrons. The Labute approximate surface area is 967 Å². The number of rotatable bonds is 31. The second-order valence-corrected chi connectivity index (χ2v) is 68.0. The molecule has 0 aliphatic carbocycles. The fourth-order valence-electron chi connectivity index (χ4n) is 15.7. The molecular weight excluding hydrogens is 2300 g/mol. The van der Waals surface area contributed by atoms with Gasteiger partial charge >= 0.3 is 214 Å². The average Bonchev–Trinajstić information content (AvgIpc) is 0.817. The molecule has 0 saturated heterocycles. The van der Waals surface area contributed by atoms with Crippen LogP contribution in [0.2, 0.25) is 53.8 Å². The number of hydrogen-bond acceptors (Lipinski definition) is 6. The van der Waals surface area contributed by atoms with Crippen LogP contribution >= 0.6 is 112 Å². The fourth-order valence-corrected chi connectivity index (χ4v) is 29.6. The molecule has 12 aromatic carbocycles. The Kier molecular flexibility index (Phi) is 81.3. The van der Waals surface area contributed by atoms with E-state index in [9.17, 15) is 30.6 Å². The Morgan fingerprint density at radius 2 is 0.447 bits per heavy atom. The van der Waals surface area contributed by atoms with E-state index in [1.165, 1.54) is 21.1 Å². The number of aromatic hydroxyl groups is 6. The summed E-state index contributed by atoms with van der Waals surface area (Å²) < 4.78 is 1.24. The zero-order valence-corrected chi connectivity index (χ0v) is 108. The number of aryl methyl sites for hydroxylation is 6. The van der Waals surface area contributed by atoms with Gasteiger partial charge in [-0.05, 0) is 108 Å². The minimum atomic E-state index is -1.27. The average molecular weight is 2430 g/mol. The van der Waals surface area contributed by atoms with E-state index >= 15 is 0 Å². The van der Waals surface area contributed by atoms with Gasteiger partial charge in [-0.1, -0.05) is 403 Å². The summed E-state index contributed by atoms with van der Waals surface area (Å²) in [7, 11) is 58.7. The van der Waals surface area contributed by atoms with Crippen molar-refractivity contribution < 1.29 is 133 Å². The number of hydrogen-bond donors (Lipinski definition) is 6. The topological polar surface area (TPSA) is 206 Å². The quantitative estimate of drug-likeness (QED) is 0.0233. The van der Waals surface area contributed by atoms with Crippen molar-refractivity contribution in [3.8, 4) is 34.5 Å². The molecule has 0 aromatic heterocycles. The number of phenols is 6. The summed E-state index contributed by atoms with van der Waals surface area (Å²) in [6, 6.07) is 95.9. The van der Waals surface area contributed by atoms with Gasteiger partial charge in [-0.2, -0.15) is 0 Å². The van der Waals surface area contributed by atoms with Crippen molar-refractivity contribution in [1.29, 1.82) is 0 Å². The van der Waals surface area contributed by atoms with Crippen molar-refractivity contribution in [2.75, 3.05) is 0 Å². The van der Waals surface area contributed by atoms with Crippen molar-refractivity contribution in [3.05, 3.63) is 390 Å². The summed E-state index contributed by atoms with van der Waals surface area (Å²) in [5.41, 5.74) is 17.2. The number of phenolic OH excluding ortho intramolecular Hbond substituents is 6. The first-order chi connectivity index (χ1) is 67.4. The van der Waals surface area contributed by atoms with Gasteiger partial charge < -0.3 is 62.5 Å². The predicted molar refractivity (Wildman–Crippen MR) is 604 cm³/mol. The zero-order chi connectivity index (χ0) is 106. The third-order valence-electron chi connectivity index (χ3n) is 22.3. The van der Waals surface area contributed by atoms with Crippen LogP contribution in [0.3, 0.4) is 0 Å². The maximum absolute atomic E-state index is 10.7. The molecule has 5 unspecified atom stereocenters. The monoisotopic (exact) mass is 2430 g/mol. The van der Waals surface area contributed by atoms with E-state index in [0.717, 1.165) is 101 Å². The van der Waals surface area contributed by atoms with Gasteiger partial charge in [0.2, 0.25) is 42.4 Å². The van der Waals surface area contributed by atoms with Gasteiger partial charge in [0.05, 0.1) is 0 Å². The second kappa shape index (κ2) is 83.3. The van der Waals surface area contributed by atoms with Crippen LogP contribution in [0.15, 0.2) is 291 Å². The standard InChI is InChI=1S/C14H14NO.5C14H13NO.2C4H9.2C3H7.2C2H5.4CH3.5Al.12ClH.6Ti/c6*1-11-6-5-7-12(14(11)16)10-15-13-8-3-2-4-9-13;2*1-4(2)3;2*1-3-2;2*1-2;;;;;;;;;;;;;;;;;;;;;;;;;;;/h2-9,16H,10H2,1H3;5*2-10,16H,1H3;2*4H,1H2,2-3H3;2*3H,1-2H3;2*1H2,2H3;4*1H3;;;;;;12*1H;;;;;;/q6*-1;;;;;;;;;;;;;;;;;;;;;;;;;;;;6*+2/p-12. The van der Waals surface area contributed by atoms with Crippen LogP contribution in [0.5, 0.6) is 34.5 Å². The van der Waals surface area contributed by atoms with Crippen LogP contribution in [0.25, 0.3) is 31.9 Å². The normalized spacial score (nSPS) is 11.0. The molecule has 12 aromatic rings. The van der Waals surface area contributed by atoms with Gasteiger partial charge in [0, 0.05) is 0 Å². The van der Waals surface area contributed by atoms with E-state index in [2.05, 4.69) is 116 Å². The van der Waals surface area contributed by atoms with Crippen molar-refractivity contribution >= 4 is 217 Å². The Bertz CT molecular complexity index is 5090. The molecule has 0 fully saturated rings. The molecule has 0 aliphatic rings. The number of halogens is 12. The first-order valence-electron chi connectivity index (χ1n) is 46.4. The Morgan fingerprint density at radius 3 is 0.674 bits per heavy atom. The second-order valence-electron chi connectivity index (χ2n) is 34.9. The Morgan fingerprint density at radius 1 is 0.248 bits per heavy atom. The number of benzene rings is 12. The fraction of sp³-hybridized carbons (Fsp3) is 0.321. The van der Waals surface area contributed by atoms with E-state index in [1.54, 1.807) is 0 Å². The van der Waals surface area contributed by atoms with E-state index in [0.29, 0.717) is 62.4 Å². The first-order valence-corrected chi connectivity index (χ1v) is 84.7. The molecule has 0 aliphatic heterocycles. The third-order valence-corrected chi connectivity index (χ3v) is 38.2. The van der Waals surface area contributed by atoms with Crippen molar-refractivity contribution in [2.24, 2.45) is 11.8 Å². The Balaban J connectivity index is 0.000000819. The summed E-state index contributed by atoms with van der Waals surface area (Å²) >= 11 is -9.03. The van der Waals surface area contributed by atoms with Gasteiger partial charge in [0.15, 0.2) is 0 Å². The molecular formula is C106H133Al5Cl12N6O6Ti6-6. The SMILES string of the molecule is C[CH2][Al]([CH2]C)[CH]([N-]c1ccccc1)c1cccc(C)c1O.Cc1cccc(C[N-]c2ccccc2)c1O.Cc1cccc([CH]([N-]c2ccccc2)[Al]([CH2]C(C)C)[CH2]C(C)C)c1O.Cc1cccc([CH]([N-]c2ccccc2)[Al]([CH3])[CH3])c1O.Cc1cccc([CH]([N-]c2ccccc2)[Al]([CH3])[CH3])c1O.Cc1cccc([CH]([N-]c2ccccc2)[Al]([CH](C)C)[CH](C)C)c1O.[Cl][Ti][Cl].[Cl][Ti][Cl].[Cl][Ti][Cl].[Cl][Ti][Cl].[Cl][Ti][Cl].[Cl][Ti][Cl]. The van der Waals surface area contributed by atoms with E-state index < -0.39 is 173 Å². The molecule has 0 spiro atoms. The van der Waals surface area contributed by atoms with E-state index in [-0.39, 0.29) is 24.5 Å². The summed E-state index contributed by atoms with van der Waals surface area (Å²) in [6.07, 6.45) is 0. The summed E-state index contributed by atoms with van der Waals surface area (Å²) in [5.74, 6) is 12.8. The molecule has 0 amide bonds. The molecule has 5 atom stereocenters. The van der Waals surface area contributed by atoms with E-state index in [4.69, 9.17) is 138 Å². The predicted octanol–water partition coefficient (Wildman–Crippen LogP) is 40.3. The van der Waals surface area contributed by atoms with Crippen LogP contribution in [-0.4, -0.2) is 101 Å². The minimum absolute atomic E-state index is 0.0947. The van der Waals surface area contributed by atoms with Crippen LogP contribution in [0.1, 0.15) is 161 Å². The van der Waals surface area contributed by atoms with Crippen LogP contribution in [-0.2, 0) is 109 Å². The maximum atomic E-state index is 10.7. The van der Waals surface area contributed by atoms with Gasteiger partial charge in [0.25, 0.3) is 28.3 Å². The van der Waals surface area contributed by atoms with Crippen LogP contribution in [0, 0.1) is 53.4 Å². The number of nitrogens with zero attached hydrogens (tertiary/aromatic N) is 6. The van der Waals surface area contributed by atoms with Crippen LogP contribution < -0.4 is 0 Å². The van der Waals surface area contributed by atoms with Gasteiger partial charge in [-0.15, -0.1) is 88.3 Å². The molecule has 0 bridgehead atoms. The molecule has 35 heteroatoms. The summed E-state index contributed by atoms with van der Waals surface area (Å²) in [6.45, 7) is 35.1. The zero-order valence-electron chi connectivity index (χ0n) is 84.2. The van der Waals surface area contributed by atoms with Crippen molar-refractivity contribution in [3.63, 3.8) is 0 Å². The summed E-state index contributed by atoms with van der Waals surface area (Å²) in [5, 5.41) is 96.3. The van der Waals surface area contributed by atoms with Crippen molar-refractivity contribution in [1.82, 2.24) is 0 Å². The third kappa shape index (κ3) is 55.7. The van der Waals surface area contributed by atoms with Gasteiger partial charge in [-0.3, -0.25) is 0 Å². The van der Waals surface area contributed by atoms with Crippen molar-refractivity contribution in [2.45, 2.75) is 196 Å². The molecule has 141 heavy (non-hydrogen) atoms. The van der Waals surface area contributed by atoms with E-state index in [1.807, 2.05) is 315 Å².